The van der Waals surface area contributed by atoms with Crippen LogP contribution in [0, 0.1) is 0 Å². The molecule has 2 atom stereocenters. The fourth-order valence-electron chi connectivity index (χ4n) is 4.05. The maximum atomic E-state index is 13.3. The van der Waals surface area contributed by atoms with E-state index >= 15 is 0 Å². The Hall–Kier alpha value is -1.60. The molecule has 0 saturated carbocycles. The van der Waals surface area contributed by atoms with Crippen molar-refractivity contribution in [3.63, 3.8) is 0 Å². The van der Waals surface area contributed by atoms with E-state index in [-0.39, 0.29) is 24.5 Å². The van der Waals surface area contributed by atoms with Crippen LogP contribution in [0.4, 0.5) is 0 Å². The summed E-state index contributed by atoms with van der Waals surface area (Å²) in [5.74, 6) is 0.0637. The van der Waals surface area contributed by atoms with Crippen LogP contribution in [0.2, 0.25) is 10.0 Å². The fraction of sp³-hybridized carbons (Fsp3) is 0.409. The lowest BCUT2D eigenvalue weighted by molar-refractivity contribution is 0.0549. The molecule has 1 amide bonds. The van der Waals surface area contributed by atoms with Crippen molar-refractivity contribution in [2.45, 2.75) is 37.6 Å². The first-order valence-electron chi connectivity index (χ1n) is 9.91. The Balaban J connectivity index is 1.85. The summed E-state index contributed by atoms with van der Waals surface area (Å²) in [6, 6.07) is 14.7. The van der Waals surface area contributed by atoms with Gasteiger partial charge < -0.3 is 4.90 Å². The molecular formula is C22H25Cl2NO4S. The number of nitrogens with zero attached hydrogens (tertiary/aromatic N) is 1. The molecule has 30 heavy (non-hydrogen) atoms. The van der Waals surface area contributed by atoms with E-state index in [1.165, 1.54) is 0 Å². The maximum absolute atomic E-state index is 13.3. The number of benzene rings is 2. The van der Waals surface area contributed by atoms with Gasteiger partial charge in [-0.15, -0.1) is 0 Å². The summed E-state index contributed by atoms with van der Waals surface area (Å²) in [5.41, 5.74) is 1.67. The number of hydrogen-bond donors (Lipinski definition) is 0. The molecule has 8 heteroatoms. The molecule has 5 nitrogen and oxygen atoms in total. The summed E-state index contributed by atoms with van der Waals surface area (Å²) in [4.78, 5) is 15.2. The third kappa shape index (κ3) is 5.97. The number of rotatable bonds is 7. The molecule has 0 N–H and O–H groups in total. The number of carbonyl (C=O) groups is 1. The molecule has 2 unspecified atom stereocenters. The molecule has 2 aromatic rings. The first kappa shape index (κ1) is 23.1. The smallest absolute Gasteiger partial charge is 0.264 e. The second kappa shape index (κ2) is 10.1. The van der Waals surface area contributed by atoms with E-state index < -0.39 is 10.1 Å². The van der Waals surface area contributed by atoms with Gasteiger partial charge in [0, 0.05) is 24.1 Å². The molecule has 0 aliphatic carbocycles. The van der Waals surface area contributed by atoms with E-state index in [0.717, 1.165) is 24.7 Å². The van der Waals surface area contributed by atoms with Crippen LogP contribution < -0.4 is 0 Å². The number of carbonyl (C=O) groups excluding carboxylic acids is 1. The minimum Gasteiger partial charge on any atom is -0.335 e. The van der Waals surface area contributed by atoms with Gasteiger partial charge in [0.05, 0.1) is 22.9 Å². The Kier molecular flexibility index (Phi) is 7.80. The van der Waals surface area contributed by atoms with Gasteiger partial charge in [-0.1, -0.05) is 47.5 Å². The van der Waals surface area contributed by atoms with Gasteiger partial charge in [-0.2, -0.15) is 8.42 Å². The zero-order valence-electron chi connectivity index (χ0n) is 16.8. The maximum Gasteiger partial charge on any atom is 0.264 e. The molecule has 0 bridgehead atoms. The molecule has 1 saturated heterocycles. The lowest BCUT2D eigenvalue weighted by Crippen LogP contribution is -2.47. The minimum atomic E-state index is -3.49. The van der Waals surface area contributed by atoms with E-state index in [1.54, 1.807) is 6.07 Å². The third-order valence-corrected chi connectivity index (χ3v) is 6.71. The molecule has 1 aliphatic heterocycles. The van der Waals surface area contributed by atoms with Gasteiger partial charge in [-0.3, -0.25) is 8.98 Å². The quantitative estimate of drug-likeness (QED) is 0.415. The highest BCUT2D eigenvalue weighted by molar-refractivity contribution is 7.85. The van der Waals surface area contributed by atoms with Gasteiger partial charge >= 0.3 is 0 Å². The second-order valence-corrected chi connectivity index (χ2v) is 9.98. The van der Waals surface area contributed by atoms with Crippen LogP contribution in [0.3, 0.4) is 0 Å². The summed E-state index contributed by atoms with van der Waals surface area (Å²) in [5, 5.41) is 0.978. The van der Waals surface area contributed by atoms with E-state index in [0.29, 0.717) is 35.0 Å². The van der Waals surface area contributed by atoms with Gasteiger partial charge in [0.1, 0.15) is 0 Å². The van der Waals surface area contributed by atoms with Crippen molar-refractivity contribution in [2.24, 2.45) is 0 Å². The summed E-state index contributed by atoms with van der Waals surface area (Å²) in [6.45, 7) is 0.750. The predicted molar refractivity (Wildman–Crippen MR) is 120 cm³/mol. The molecule has 162 valence electrons. The van der Waals surface area contributed by atoms with Crippen LogP contribution in [-0.2, 0) is 14.3 Å². The van der Waals surface area contributed by atoms with Crippen molar-refractivity contribution in [1.82, 2.24) is 4.90 Å². The highest BCUT2D eigenvalue weighted by atomic mass is 35.5. The Bertz CT molecular complexity index is 982. The highest BCUT2D eigenvalue weighted by Crippen LogP contribution is 2.38. The van der Waals surface area contributed by atoms with Gasteiger partial charge in [0.15, 0.2) is 0 Å². The van der Waals surface area contributed by atoms with Crippen LogP contribution >= 0.6 is 23.2 Å². The van der Waals surface area contributed by atoms with Crippen molar-refractivity contribution < 1.29 is 17.4 Å². The first-order valence-corrected chi connectivity index (χ1v) is 12.5. The monoisotopic (exact) mass is 469 g/mol. The normalized spacial score (nSPS) is 19.6. The number of piperidine rings is 1. The minimum absolute atomic E-state index is 0.0191. The molecule has 3 rings (SSSR count). The zero-order valence-corrected chi connectivity index (χ0v) is 19.1. The molecule has 0 aromatic heterocycles. The average molecular weight is 470 g/mol. The molecule has 1 aliphatic rings. The van der Waals surface area contributed by atoms with E-state index in [4.69, 9.17) is 27.4 Å². The predicted octanol–water partition coefficient (Wildman–Crippen LogP) is 5.14. The largest absolute Gasteiger partial charge is 0.335 e. The zero-order chi connectivity index (χ0) is 21.7. The second-order valence-electron chi connectivity index (χ2n) is 7.52. The number of halogens is 2. The van der Waals surface area contributed by atoms with Crippen molar-refractivity contribution >= 4 is 39.2 Å². The molecule has 1 fully saturated rings. The Morgan fingerprint density at radius 1 is 1.13 bits per heavy atom. The summed E-state index contributed by atoms with van der Waals surface area (Å²) in [6.07, 6.45) is 3.97. The summed E-state index contributed by atoms with van der Waals surface area (Å²) < 4.78 is 27.5. The van der Waals surface area contributed by atoms with Crippen molar-refractivity contribution in [2.75, 3.05) is 19.4 Å². The first-order chi connectivity index (χ1) is 14.3. The molecule has 0 radical (unpaired) electrons. The van der Waals surface area contributed by atoms with Gasteiger partial charge in [-0.05, 0) is 55.5 Å². The number of hydrogen-bond acceptors (Lipinski definition) is 4. The average Bonchev–Trinajstić information content (AvgIpc) is 2.72. The lowest BCUT2D eigenvalue weighted by atomic mass is 9.81. The lowest BCUT2D eigenvalue weighted by Gasteiger charge is -2.42. The Morgan fingerprint density at radius 3 is 2.53 bits per heavy atom. The van der Waals surface area contributed by atoms with Crippen LogP contribution in [0.15, 0.2) is 48.5 Å². The highest BCUT2D eigenvalue weighted by Gasteiger charge is 2.35. The van der Waals surface area contributed by atoms with Crippen LogP contribution in [0.1, 0.15) is 47.5 Å². The van der Waals surface area contributed by atoms with Crippen molar-refractivity contribution in [3.8, 4) is 0 Å². The van der Waals surface area contributed by atoms with Crippen molar-refractivity contribution in [3.05, 3.63) is 69.7 Å². The number of likely N-dealkylation sites (tertiary alicyclic amines) is 1. The standard InChI is InChI=1S/C22H25Cl2NO4S/c1-30(27,28)29-14-6-10-21-18(17-11-12-19(23)20(24)15-17)9-5-13-25(21)22(26)16-7-3-2-4-8-16/h2-4,7-8,11-12,15,18,21H,5-6,9-10,13-14H2,1H3. The number of amides is 1. The van der Waals surface area contributed by atoms with Gasteiger partial charge in [-0.25, -0.2) is 0 Å². The fourth-order valence-corrected chi connectivity index (χ4v) is 4.77. The Labute approximate surface area is 188 Å². The van der Waals surface area contributed by atoms with Gasteiger partial charge in [0.2, 0.25) is 0 Å². The third-order valence-electron chi connectivity index (χ3n) is 5.37. The summed E-state index contributed by atoms with van der Waals surface area (Å²) >= 11 is 12.3. The summed E-state index contributed by atoms with van der Waals surface area (Å²) in [7, 11) is -3.49. The van der Waals surface area contributed by atoms with E-state index in [1.807, 2.05) is 47.4 Å². The van der Waals surface area contributed by atoms with Crippen molar-refractivity contribution in [1.29, 1.82) is 0 Å². The van der Waals surface area contributed by atoms with Crippen LogP contribution in [0.25, 0.3) is 0 Å². The molecular weight excluding hydrogens is 445 g/mol. The van der Waals surface area contributed by atoms with Crippen LogP contribution in [-0.4, -0.2) is 44.7 Å². The molecule has 1 heterocycles. The molecule has 2 aromatic carbocycles. The SMILES string of the molecule is CS(=O)(=O)OCCCC1C(c2ccc(Cl)c(Cl)c2)CCCN1C(=O)c1ccccc1. The van der Waals surface area contributed by atoms with Gasteiger partial charge in [0.25, 0.3) is 16.0 Å². The van der Waals surface area contributed by atoms with Crippen LogP contribution in [0.5, 0.6) is 0 Å². The topological polar surface area (TPSA) is 63.7 Å². The Morgan fingerprint density at radius 2 is 1.87 bits per heavy atom. The molecule has 0 spiro atoms. The van der Waals surface area contributed by atoms with E-state index in [2.05, 4.69) is 0 Å². The van der Waals surface area contributed by atoms with E-state index in [9.17, 15) is 13.2 Å².